The lowest BCUT2D eigenvalue weighted by Gasteiger charge is -2.23. The van der Waals surface area contributed by atoms with Gasteiger partial charge in [-0.05, 0) is 45.5 Å². The zero-order valence-electron chi connectivity index (χ0n) is 17.0. The first-order valence-electron chi connectivity index (χ1n) is 9.55. The smallest absolute Gasteiger partial charge is 0.234 e. The van der Waals surface area contributed by atoms with E-state index in [1.165, 1.54) is 11.8 Å². The Morgan fingerprint density at radius 3 is 2.63 bits per heavy atom. The number of thioether (sulfide) groups is 1. The van der Waals surface area contributed by atoms with Crippen molar-refractivity contribution in [1.82, 2.24) is 19.7 Å². The third kappa shape index (κ3) is 5.81. The van der Waals surface area contributed by atoms with E-state index in [9.17, 15) is 4.79 Å². The molecule has 2 rings (SSSR count). The molecule has 0 aliphatic heterocycles. The second-order valence-electron chi connectivity index (χ2n) is 6.89. The maximum absolute atomic E-state index is 12.4. The minimum absolute atomic E-state index is 0.0273. The van der Waals surface area contributed by atoms with Crippen LogP contribution in [0.25, 0.3) is 0 Å². The molecule has 0 saturated heterocycles. The number of aryl methyl sites for hydroxylation is 1. The lowest BCUT2D eigenvalue weighted by molar-refractivity contribution is -0.113. The molecule has 1 N–H and O–H groups in total. The van der Waals surface area contributed by atoms with Crippen molar-refractivity contribution in [3.05, 3.63) is 35.7 Å². The Labute approximate surface area is 166 Å². The first-order chi connectivity index (χ1) is 13.0. The van der Waals surface area contributed by atoms with E-state index in [4.69, 9.17) is 0 Å². The van der Waals surface area contributed by atoms with E-state index in [1.54, 1.807) is 0 Å². The predicted octanol–water partition coefficient (Wildman–Crippen LogP) is 4.13. The Bertz CT molecular complexity index is 744. The lowest BCUT2D eigenvalue weighted by atomic mass is 10.2. The third-order valence-electron chi connectivity index (χ3n) is 4.54. The Hall–Kier alpha value is -1.86. The average molecular weight is 390 g/mol. The highest BCUT2D eigenvalue weighted by Gasteiger charge is 2.22. The largest absolute Gasteiger partial charge is 0.325 e. The van der Waals surface area contributed by atoms with Gasteiger partial charge in [-0.25, -0.2) is 0 Å². The molecule has 0 aliphatic carbocycles. The van der Waals surface area contributed by atoms with E-state index in [0.29, 0.717) is 5.75 Å². The Balaban J connectivity index is 2.09. The predicted molar refractivity (Wildman–Crippen MR) is 112 cm³/mol. The van der Waals surface area contributed by atoms with Gasteiger partial charge in [0.15, 0.2) is 11.0 Å². The van der Waals surface area contributed by atoms with Gasteiger partial charge in [0, 0.05) is 12.2 Å². The van der Waals surface area contributed by atoms with Gasteiger partial charge in [0.2, 0.25) is 5.91 Å². The van der Waals surface area contributed by atoms with Crippen LogP contribution in [0, 0.1) is 6.92 Å². The second kappa shape index (κ2) is 10.5. The number of nitrogens with zero attached hydrogens (tertiary/aromatic N) is 4. The molecule has 0 saturated carbocycles. The maximum atomic E-state index is 12.4. The maximum Gasteiger partial charge on any atom is 0.234 e. The van der Waals surface area contributed by atoms with Gasteiger partial charge < -0.3 is 9.88 Å². The Kier molecular flexibility index (Phi) is 8.31. The van der Waals surface area contributed by atoms with Gasteiger partial charge in [0.25, 0.3) is 0 Å². The fourth-order valence-corrected chi connectivity index (χ4v) is 3.76. The van der Waals surface area contributed by atoms with Gasteiger partial charge in [-0.2, -0.15) is 0 Å². The fourth-order valence-electron chi connectivity index (χ4n) is 2.99. The van der Waals surface area contributed by atoms with Crippen molar-refractivity contribution >= 4 is 23.4 Å². The monoisotopic (exact) mass is 389 g/mol. The number of rotatable bonds is 10. The zero-order chi connectivity index (χ0) is 19.8. The number of nitrogens with one attached hydrogen (secondary N) is 1. The number of benzene rings is 1. The van der Waals surface area contributed by atoms with E-state index in [-0.39, 0.29) is 11.9 Å². The normalized spacial score (nSPS) is 12.4. The number of hydrogen-bond donors (Lipinski definition) is 1. The molecule has 0 spiro atoms. The highest BCUT2D eigenvalue weighted by molar-refractivity contribution is 7.99. The van der Waals surface area contributed by atoms with Crippen molar-refractivity contribution in [1.29, 1.82) is 0 Å². The molecule has 0 aliphatic rings. The van der Waals surface area contributed by atoms with Crippen LogP contribution in [0.1, 0.15) is 50.5 Å². The van der Waals surface area contributed by atoms with Gasteiger partial charge in [0.05, 0.1) is 11.8 Å². The Morgan fingerprint density at radius 1 is 1.26 bits per heavy atom. The van der Waals surface area contributed by atoms with Gasteiger partial charge in [0.1, 0.15) is 0 Å². The minimum atomic E-state index is -0.0273. The van der Waals surface area contributed by atoms with Gasteiger partial charge >= 0.3 is 0 Å². The first kappa shape index (κ1) is 21.4. The summed E-state index contributed by atoms with van der Waals surface area (Å²) in [5, 5.41) is 12.6. The summed E-state index contributed by atoms with van der Waals surface area (Å²) in [6.07, 6.45) is 3.14. The molecular formula is C20H31N5OS. The molecule has 1 unspecified atom stereocenters. The van der Waals surface area contributed by atoms with Crippen LogP contribution in [0.2, 0.25) is 0 Å². The summed E-state index contributed by atoms with van der Waals surface area (Å²) >= 11 is 1.45. The van der Waals surface area contributed by atoms with Crippen LogP contribution in [0.4, 0.5) is 5.69 Å². The molecule has 1 atom stereocenters. The topological polar surface area (TPSA) is 63.1 Å². The Morgan fingerprint density at radius 2 is 2.00 bits per heavy atom. The average Bonchev–Trinajstić information content (AvgIpc) is 3.03. The molecular weight excluding hydrogens is 358 g/mol. The van der Waals surface area contributed by atoms with Crippen LogP contribution in [0.15, 0.2) is 29.4 Å². The summed E-state index contributed by atoms with van der Waals surface area (Å²) in [4.78, 5) is 14.5. The first-order valence-corrected chi connectivity index (χ1v) is 10.5. The fraction of sp³-hybridized carbons (Fsp3) is 0.550. The molecule has 1 aromatic heterocycles. The van der Waals surface area contributed by atoms with Crippen LogP contribution in [0.5, 0.6) is 0 Å². The number of unbranched alkanes of at least 4 members (excludes halogenated alkanes) is 1. The molecule has 1 amide bonds. The van der Waals surface area contributed by atoms with Crippen LogP contribution >= 0.6 is 11.8 Å². The summed E-state index contributed by atoms with van der Waals surface area (Å²) < 4.78 is 2.18. The summed E-state index contributed by atoms with van der Waals surface area (Å²) in [7, 11) is 4.13. The quantitative estimate of drug-likeness (QED) is 0.619. The number of anilines is 1. The van der Waals surface area contributed by atoms with Crippen molar-refractivity contribution in [3.8, 4) is 0 Å². The number of amides is 1. The number of aromatic nitrogens is 3. The highest BCUT2D eigenvalue weighted by atomic mass is 32.2. The highest BCUT2D eigenvalue weighted by Crippen LogP contribution is 2.26. The van der Waals surface area contributed by atoms with E-state index >= 15 is 0 Å². The molecule has 0 fully saturated rings. The van der Waals surface area contributed by atoms with Crippen LogP contribution < -0.4 is 5.32 Å². The summed E-state index contributed by atoms with van der Waals surface area (Å²) in [5.41, 5.74) is 1.91. The third-order valence-corrected chi connectivity index (χ3v) is 5.51. The molecule has 0 radical (unpaired) electrons. The van der Waals surface area contributed by atoms with Crippen LogP contribution in [-0.2, 0) is 11.3 Å². The molecule has 1 heterocycles. The van der Waals surface area contributed by atoms with Crippen molar-refractivity contribution in [2.75, 3.05) is 25.2 Å². The van der Waals surface area contributed by atoms with Crippen LogP contribution in [-0.4, -0.2) is 45.4 Å². The van der Waals surface area contributed by atoms with Gasteiger partial charge in [-0.1, -0.05) is 50.2 Å². The summed E-state index contributed by atoms with van der Waals surface area (Å²) in [5.74, 6) is 1.27. The van der Waals surface area contributed by atoms with Crippen molar-refractivity contribution < 1.29 is 4.79 Å². The van der Waals surface area contributed by atoms with Crippen molar-refractivity contribution in [2.24, 2.45) is 0 Å². The summed E-state index contributed by atoms with van der Waals surface area (Å²) in [6, 6.07) is 8.03. The van der Waals surface area contributed by atoms with Crippen molar-refractivity contribution in [3.63, 3.8) is 0 Å². The standard InChI is InChI=1S/C20H31N5OS/c1-6-8-13-25-19(17(7-2)24(4)5)22-23-20(25)27-14-18(26)21-16-12-10-9-11-15(16)3/h9-12,17H,6-8,13-14H2,1-5H3,(H,21,26). The zero-order valence-corrected chi connectivity index (χ0v) is 17.8. The van der Waals surface area contributed by atoms with Gasteiger partial charge in [-0.3, -0.25) is 9.69 Å². The minimum Gasteiger partial charge on any atom is -0.325 e. The molecule has 1 aromatic carbocycles. The van der Waals surface area contributed by atoms with E-state index < -0.39 is 0 Å². The number of hydrogen-bond acceptors (Lipinski definition) is 5. The lowest BCUT2D eigenvalue weighted by Crippen LogP contribution is -2.23. The molecule has 6 nitrogen and oxygen atoms in total. The van der Waals surface area contributed by atoms with Crippen molar-refractivity contribution in [2.45, 2.75) is 57.8 Å². The number of carbonyl (C=O) groups is 1. The molecule has 0 bridgehead atoms. The molecule has 2 aromatic rings. The molecule has 27 heavy (non-hydrogen) atoms. The molecule has 148 valence electrons. The van der Waals surface area contributed by atoms with E-state index in [2.05, 4.69) is 52.9 Å². The number of carbonyl (C=O) groups excluding carboxylic acids is 1. The molecule has 7 heteroatoms. The SMILES string of the molecule is CCCCn1c(SCC(=O)Nc2ccccc2C)nnc1C(CC)N(C)C. The summed E-state index contributed by atoms with van der Waals surface area (Å²) in [6.45, 7) is 7.20. The van der Waals surface area contributed by atoms with E-state index in [0.717, 1.165) is 48.0 Å². The second-order valence-corrected chi connectivity index (χ2v) is 7.83. The van der Waals surface area contributed by atoms with E-state index in [1.807, 2.05) is 31.2 Å². The van der Waals surface area contributed by atoms with Gasteiger partial charge in [-0.15, -0.1) is 10.2 Å². The van der Waals surface area contributed by atoms with Crippen LogP contribution in [0.3, 0.4) is 0 Å². The number of para-hydroxylation sites is 1.